The van der Waals surface area contributed by atoms with Crippen LogP contribution in [-0.4, -0.2) is 27.4 Å². The van der Waals surface area contributed by atoms with Crippen LogP contribution in [0, 0.1) is 11.8 Å². The van der Waals surface area contributed by atoms with Crippen LogP contribution in [0.15, 0.2) is 29.2 Å². The number of carbonyl (C=O) groups is 1. The summed E-state index contributed by atoms with van der Waals surface area (Å²) in [6, 6.07) is 5.81. The third-order valence-electron chi connectivity index (χ3n) is 3.38. The van der Waals surface area contributed by atoms with E-state index in [0.717, 1.165) is 13.1 Å². The molecule has 1 aliphatic rings. The van der Waals surface area contributed by atoms with Crippen LogP contribution in [0.1, 0.15) is 6.92 Å². The fourth-order valence-electron chi connectivity index (χ4n) is 1.86. The molecule has 1 fully saturated rings. The van der Waals surface area contributed by atoms with Gasteiger partial charge in [-0.2, -0.15) is 0 Å². The molecule has 1 saturated heterocycles. The van der Waals surface area contributed by atoms with Gasteiger partial charge in [0.15, 0.2) is 0 Å². The molecular weight excluding hydrogens is 266 g/mol. The maximum absolute atomic E-state index is 11.9. The first-order valence-electron chi connectivity index (χ1n) is 6.02. The Kier molecular flexibility index (Phi) is 3.88. The zero-order chi connectivity index (χ0) is 14.0. The van der Waals surface area contributed by atoms with Gasteiger partial charge in [0.1, 0.15) is 0 Å². The lowest BCUT2D eigenvalue weighted by Crippen LogP contribution is -2.48. The van der Waals surface area contributed by atoms with Crippen molar-refractivity contribution in [2.24, 2.45) is 17.0 Å². The molecule has 104 valence electrons. The second kappa shape index (κ2) is 5.28. The number of hydrogen-bond donors (Lipinski definition) is 3. The van der Waals surface area contributed by atoms with Crippen molar-refractivity contribution in [1.82, 2.24) is 5.32 Å². The lowest BCUT2D eigenvalue weighted by Gasteiger charge is -2.31. The van der Waals surface area contributed by atoms with Gasteiger partial charge in [-0.05, 0) is 43.3 Å². The Bertz CT molecular complexity index is 564. The third kappa shape index (κ3) is 3.31. The molecule has 6 nitrogen and oxygen atoms in total. The van der Waals surface area contributed by atoms with E-state index >= 15 is 0 Å². The number of rotatable bonds is 4. The Morgan fingerprint density at radius 1 is 1.37 bits per heavy atom. The number of hydrogen-bond acceptors (Lipinski definition) is 4. The lowest BCUT2D eigenvalue weighted by atomic mass is 9.88. The first-order valence-corrected chi connectivity index (χ1v) is 7.57. The summed E-state index contributed by atoms with van der Waals surface area (Å²) in [5.74, 6) is 0.234. The first-order chi connectivity index (χ1) is 8.88. The number of nitrogens with two attached hydrogens (primary N) is 1. The molecule has 0 radical (unpaired) electrons. The van der Waals surface area contributed by atoms with Crippen LogP contribution in [0.4, 0.5) is 5.69 Å². The molecular formula is C12H17N3O3S. The highest BCUT2D eigenvalue weighted by molar-refractivity contribution is 7.89. The predicted molar refractivity (Wildman–Crippen MR) is 72.0 cm³/mol. The minimum absolute atomic E-state index is 0.0294. The molecule has 4 N–H and O–H groups in total. The molecule has 1 aromatic carbocycles. The van der Waals surface area contributed by atoms with Crippen LogP contribution in [0.3, 0.4) is 0 Å². The highest BCUT2D eigenvalue weighted by Gasteiger charge is 2.28. The molecule has 0 aromatic heterocycles. The van der Waals surface area contributed by atoms with Crippen molar-refractivity contribution in [1.29, 1.82) is 0 Å². The minimum atomic E-state index is -3.69. The van der Waals surface area contributed by atoms with E-state index in [0.29, 0.717) is 11.6 Å². The quantitative estimate of drug-likeness (QED) is 0.731. The van der Waals surface area contributed by atoms with E-state index in [-0.39, 0.29) is 16.7 Å². The van der Waals surface area contributed by atoms with Gasteiger partial charge in [-0.15, -0.1) is 0 Å². The molecule has 1 aliphatic heterocycles. The Balaban J connectivity index is 2.01. The molecule has 7 heteroatoms. The number of nitrogens with one attached hydrogen (secondary N) is 2. The van der Waals surface area contributed by atoms with Gasteiger partial charge in [0, 0.05) is 11.6 Å². The second-order valence-electron chi connectivity index (χ2n) is 4.77. The summed E-state index contributed by atoms with van der Waals surface area (Å²) in [6.45, 7) is 3.61. The summed E-state index contributed by atoms with van der Waals surface area (Å²) in [4.78, 5) is 12.0. The first kappa shape index (κ1) is 14.0. The van der Waals surface area contributed by atoms with E-state index in [1.807, 2.05) is 6.92 Å². The summed E-state index contributed by atoms with van der Waals surface area (Å²) in [5.41, 5.74) is 0.566. The molecule has 1 unspecified atom stereocenters. The molecule has 1 atom stereocenters. The van der Waals surface area contributed by atoms with E-state index in [4.69, 9.17) is 5.14 Å². The lowest BCUT2D eigenvalue weighted by molar-refractivity contribution is -0.121. The van der Waals surface area contributed by atoms with E-state index in [9.17, 15) is 13.2 Å². The number of sulfonamides is 1. The van der Waals surface area contributed by atoms with Gasteiger partial charge in [0.05, 0.1) is 4.90 Å². The van der Waals surface area contributed by atoms with Crippen LogP contribution in [0.2, 0.25) is 0 Å². The minimum Gasteiger partial charge on any atom is -0.326 e. The van der Waals surface area contributed by atoms with Crippen LogP contribution in [-0.2, 0) is 14.8 Å². The molecule has 19 heavy (non-hydrogen) atoms. The summed E-state index contributed by atoms with van der Waals surface area (Å²) in [5, 5.41) is 10.9. The van der Waals surface area contributed by atoms with E-state index in [1.54, 1.807) is 0 Å². The van der Waals surface area contributed by atoms with Crippen molar-refractivity contribution in [3.8, 4) is 0 Å². The third-order valence-corrected chi connectivity index (χ3v) is 4.31. The fourth-order valence-corrected chi connectivity index (χ4v) is 2.38. The zero-order valence-electron chi connectivity index (χ0n) is 10.6. The van der Waals surface area contributed by atoms with E-state index < -0.39 is 10.0 Å². The Hall–Kier alpha value is -1.44. The summed E-state index contributed by atoms with van der Waals surface area (Å²) < 4.78 is 22.2. The molecule has 0 spiro atoms. The van der Waals surface area contributed by atoms with Gasteiger partial charge in [-0.1, -0.05) is 6.92 Å². The van der Waals surface area contributed by atoms with Crippen molar-refractivity contribution in [3.05, 3.63) is 24.3 Å². The van der Waals surface area contributed by atoms with Gasteiger partial charge in [-0.3, -0.25) is 4.79 Å². The highest BCUT2D eigenvalue weighted by Crippen LogP contribution is 2.19. The summed E-state index contributed by atoms with van der Waals surface area (Å²) >= 11 is 0. The van der Waals surface area contributed by atoms with Crippen molar-refractivity contribution in [3.63, 3.8) is 0 Å². The number of amides is 1. The van der Waals surface area contributed by atoms with Gasteiger partial charge in [0.2, 0.25) is 15.9 Å². The Morgan fingerprint density at radius 3 is 2.37 bits per heavy atom. The monoisotopic (exact) mass is 283 g/mol. The Morgan fingerprint density at radius 2 is 1.95 bits per heavy atom. The average molecular weight is 283 g/mol. The maximum Gasteiger partial charge on any atom is 0.238 e. The van der Waals surface area contributed by atoms with Crippen molar-refractivity contribution in [2.45, 2.75) is 11.8 Å². The van der Waals surface area contributed by atoms with Crippen molar-refractivity contribution >= 4 is 21.6 Å². The standard InChI is InChI=1S/C12H17N3O3S/c1-8(9-6-14-7-9)12(16)15-10-2-4-11(5-3-10)19(13,17)18/h2-5,8-9,14H,6-7H2,1H3,(H,15,16)(H2,13,17,18). The normalized spacial score (nSPS) is 17.6. The van der Waals surface area contributed by atoms with Gasteiger partial charge >= 0.3 is 0 Å². The molecule has 1 amide bonds. The summed E-state index contributed by atoms with van der Waals surface area (Å²) in [7, 11) is -3.69. The Labute approximate surface area is 112 Å². The molecule has 2 rings (SSSR count). The fraction of sp³-hybridized carbons (Fsp3) is 0.417. The highest BCUT2D eigenvalue weighted by atomic mass is 32.2. The molecule has 1 heterocycles. The van der Waals surface area contributed by atoms with Gasteiger partial charge in [-0.25, -0.2) is 13.6 Å². The van der Waals surface area contributed by atoms with E-state index in [2.05, 4.69) is 10.6 Å². The number of benzene rings is 1. The number of anilines is 1. The van der Waals surface area contributed by atoms with Crippen LogP contribution in [0.25, 0.3) is 0 Å². The van der Waals surface area contributed by atoms with Crippen LogP contribution < -0.4 is 15.8 Å². The van der Waals surface area contributed by atoms with Gasteiger partial charge < -0.3 is 10.6 Å². The molecule has 0 bridgehead atoms. The number of primary sulfonamides is 1. The van der Waals surface area contributed by atoms with Crippen molar-refractivity contribution < 1.29 is 13.2 Å². The molecule has 0 saturated carbocycles. The molecule has 1 aromatic rings. The SMILES string of the molecule is CC(C(=O)Nc1ccc(S(N)(=O)=O)cc1)C1CNC1. The topological polar surface area (TPSA) is 101 Å². The van der Waals surface area contributed by atoms with E-state index in [1.165, 1.54) is 24.3 Å². The van der Waals surface area contributed by atoms with Crippen LogP contribution in [0.5, 0.6) is 0 Å². The zero-order valence-corrected chi connectivity index (χ0v) is 11.4. The second-order valence-corrected chi connectivity index (χ2v) is 6.33. The smallest absolute Gasteiger partial charge is 0.238 e. The molecule has 0 aliphatic carbocycles. The summed E-state index contributed by atoms with van der Waals surface area (Å²) in [6.07, 6.45) is 0. The van der Waals surface area contributed by atoms with Crippen LogP contribution >= 0.6 is 0 Å². The maximum atomic E-state index is 11.9. The predicted octanol–water partition coefficient (Wildman–Crippen LogP) is 0.128. The van der Waals surface area contributed by atoms with Gasteiger partial charge in [0.25, 0.3) is 0 Å². The number of carbonyl (C=O) groups excluding carboxylic acids is 1. The average Bonchev–Trinajstić information content (AvgIpc) is 2.26. The van der Waals surface area contributed by atoms with Crippen molar-refractivity contribution in [2.75, 3.05) is 18.4 Å². The largest absolute Gasteiger partial charge is 0.326 e.